The van der Waals surface area contributed by atoms with Crippen LogP contribution in [0.15, 0.2) is 0 Å². The van der Waals surface area contributed by atoms with Gasteiger partial charge in [-0.3, -0.25) is 0 Å². The largest absolute Gasteiger partial charge is 0.516 e. The van der Waals surface area contributed by atoms with E-state index in [1.165, 1.54) is 0 Å². The molecular weight excluding hydrogens is 184 g/mol. The minimum absolute atomic E-state index is 1.00. The van der Waals surface area contributed by atoms with Gasteiger partial charge in [0.25, 0.3) is 0 Å². The zero-order chi connectivity index (χ0) is 10.1. The molecule has 0 bridgehead atoms. The number of epoxide rings is 2. The zero-order valence-electron chi connectivity index (χ0n) is 6.76. The third kappa shape index (κ3) is 36.8. The van der Waals surface area contributed by atoms with Gasteiger partial charge in [-0.25, -0.2) is 9.59 Å². The molecular formula is C6H10O7. The van der Waals surface area contributed by atoms with Gasteiger partial charge >= 0.3 is 12.3 Å². The van der Waals surface area contributed by atoms with E-state index in [-0.39, 0.29) is 0 Å². The smallest absolute Gasteiger partial charge is 0.449 e. The van der Waals surface area contributed by atoms with E-state index in [0.29, 0.717) is 0 Å². The molecule has 2 rings (SSSR count). The molecule has 2 aliphatic heterocycles. The maximum atomic E-state index is 9.21. The first-order valence-electron chi connectivity index (χ1n) is 3.42. The van der Waals surface area contributed by atoms with Crippen LogP contribution in [0, 0.1) is 0 Å². The molecule has 0 aromatic carbocycles. The number of hydrogen-bond donors (Lipinski definition) is 2. The summed E-state index contributed by atoms with van der Waals surface area (Å²) in [6, 6.07) is 0. The van der Waals surface area contributed by atoms with Gasteiger partial charge in [0.15, 0.2) is 0 Å². The average Bonchev–Trinajstić information content (AvgIpc) is 2.83. The van der Waals surface area contributed by atoms with Gasteiger partial charge in [-0.05, 0) is 0 Å². The molecule has 13 heavy (non-hydrogen) atoms. The van der Waals surface area contributed by atoms with Crippen LogP contribution in [-0.4, -0.2) is 49.0 Å². The topological polar surface area (TPSA) is 109 Å². The number of carboxylic acid groups (broad SMARTS) is 2. The van der Waals surface area contributed by atoms with Crippen molar-refractivity contribution in [2.45, 2.75) is 0 Å². The van der Waals surface area contributed by atoms with E-state index in [4.69, 9.17) is 10.2 Å². The Morgan fingerprint density at radius 3 is 1.15 bits per heavy atom. The van der Waals surface area contributed by atoms with Crippen molar-refractivity contribution in [3.05, 3.63) is 0 Å². The number of ether oxygens (including phenoxy) is 3. The van der Waals surface area contributed by atoms with Crippen LogP contribution < -0.4 is 0 Å². The van der Waals surface area contributed by atoms with Crippen molar-refractivity contribution in [1.82, 2.24) is 0 Å². The molecule has 0 saturated carbocycles. The molecule has 2 N–H and O–H groups in total. The molecule has 0 aliphatic carbocycles. The molecule has 7 heteroatoms. The van der Waals surface area contributed by atoms with Crippen LogP contribution >= 0.6 is 0 Å². The fraction of sp³-hybridized carbons (Fsp3) is 0.667. The van der Waals surface area contributed by atoms with E-state index in [9.17, 15) is 9.59 Å². The first-order chi connectivity index (χ1) is 6.13. The quantitative estimate of drug-likeness (QED) is 0.326. The molecule has 0 aromatic heterocycles. The van der Waals surface area contributed by atoms with E-state index < -0.39 is 12.3 Å². The van der Waals surface area contributed by atoms with E-state index in [1.54, 1.807) is 0 Å². The van der Waals surface area contributed by atoms with Gasteiger partial charge in [-0.2, -0.15) is 0 Å². The van der Waals surface area contributed by atoms with Crippen LogP contribution in [0.5, 0.6) is 0 Å². The van der Waals surface area contributed by atoms with Crippen molar-refractivity contribution in [3.63, 3.8) is 0 Å². The van der Waals surface area contributed by atoms with Crippen molar-refractivity contribution in [2.75, 3.05) is 26.4 Å². The molecule has 0 amide bonds. The van der Waals surface area contributed by atoms with Crippen LogP contribution in [0.2, 0.25) is 0 Å². The van der Waals surface area contributed by atoms with E-state index in [2.05, 4.69) is 14.2 Å². The van der Waals surface area contributed by atoms with Gasteiger partial charge in [-0.15, -0.1) is 0 Å². The zero-order valence-corrected chi connectivity index (χ0v) is 6.76. The summed E-state index contributed by atoms with van der Waals surface area (Å²) in [7, 11) is 0. The van der Waals surface area contributed by atoms with Crippen molar-refractivity contribution in [1.29, 1.82) is 0 Å². The maximum Gasteiger partial charge on any atom is 0.516 e. The number of carbonyl (C=O) groups is 2. The molecule has 2 saturated heterocycles. The highest BCUT2D eigenvalue weighted by atomic mass is 16.7. The first kappa shape index (κ1) is 11.7. The van der Waals surface area contributed by atoms with Crippen LogP contribution in [0.25, 0.3) is 0 Å². The monoisotopic (exact) mass is 194 g/mol. The molecule has 7 nitrogen and oxygen atoms in total. The Kier molecular flexibility index (Phi) is 6.56. The summed E-state index contributed by atoms with van der Waals surface area (Å²) >= 11 is 0. The van der Waals surface area contributed by atoms with Crippen LogP contribution in [0.3, 0.4) is 0 Å². The second-order valence-corrected chi connectivity index (χ2v) is 1.86. The number of rotatable bonds is 0. The molecule has 0 radical (unpaired) electrons. The third-order valence-corrected chi connectivity index (χ3v) is 0.583. The van der Waals surface area contributed by atoms with E-state index >= 15 is 0 Å². The maximum absolute atomic E-state index is 9.21. The summed E-state index contributed by atoms with van der Waals surface area (Å²) < 4.78 is 12.1. The summed E-state index contributed by atoms with van der Waals surface area (Å²) in [5.41, 5.74) is 0. The molecule has 0 unspecified atom stereocenters. The molecule has 0 atom stereocenters. The fourth-order valence-electron chi connectivity index (χ4n) is 0.0747. The van der Waals surface area contributed by atoms with Crippen molar-refractivity contribution >= 4 is 12.3 Å². The van der Waals surface area contributed by atoms with Crippen LogP contribution in [-0.2, 0) is 14.2 Å². The Bertz CT molecular complexity index is 139. The minimum Gasteiger partial charge on any atom is -0.449 e. The molecule has 0 aromatic rings. The second-order valence-electron chi connectivity index (χ2n) is 1.86. The molecule has 2 fully saturated rings. The highest BCUT2D eigenvalue weighted by molar-refractivity contribution is 5.74. The lowest BCUT2D eigenvalue weighted by molar-refractivity contribution is 0.0802. The Labute approximate surface area is 73.8 Å². The minimum atomic E-state index is -1.81. The normalized spacial score (nSPS) is 15.1. The molecule has 2 aliphatic rings. The molecule has 76 valence electrons. The highest BCUT2D eigenvalue weighted by Gasteiger charge is 2.01. The first-order valence-corrected chi connectivity index (χ1v) is 3.42. The average molecular weight is 194 g/mol. The lowest BCUT2D eigenvalue weighted by Crippen LogP contribution is -2.05. The lowest BCUT2D eigenvalue weighted by atomic mass is 11.0. The fourth-order valence-corrected chi connectivity index (χ4v) is 0.0747. The highest BCUT2D eigenvalue weighted by Crippen LogP contribution is 1.85. The van der Waals surface area contributed by atoms with Crippen molar-refractivity contribution in [2.24, 2.45) is 0 Å². The summed E-state index contributed by atoms with van der Waals surface area (Å²) in [5.74, 6) is 0. The Balaban J connectivity index is 0.000000192. The number of hydrogen-bond acceptors (Lipinski definition) is 5. The van der Waals surface area contributed by atoms with Crippen molar-refractivity contribution < 1.29 is 34.0 Å². The summed E-state index contributed by atoms with van der Waals surface area (Å²) in [5, 5.41) is 15.0. The summed E-state index contributed by atoms with van der Waals surface area (Å²) in [6.45, 7) is 4.00. The van der Waals surface area contributed by atoms with E-state index in [1.807, 2.05) is 0 Å². The van der Waals surface area contributed by atoms with Gasteiger partial charge in [0.2, 0.25) is 0 Å². The van der Waals surface area contributed by atoms with Gasteiger partial charge in [0.1, 0.15) is 0 Å². The predicted octanol–water partition coefficient (Wildman–Crippen LogP) is 0.392. The Morgan fingerprint density at radius 2 is 1.15 bits per heavy atom. The van der Waals surface area contributed by atoms with Crippen LogP contribution in [0.1, 0.15) is 0 Å². The third-order valence-electron chi connectivity index (χ3n) is 0.583. The van der Waals surface area contributed by atoms with Gasteiger partial charge in [0.05, 0.1) is 26.4 Å². The van der Waals surface area contributed by atoms with Crippen molar-refractivity contribution in [3.8, 4) is 0 Å². The Hall–Kier alpha value is -1.34. The van der Waals surface area contributed by atoms with Gasteiger partial charge in [0, 0.05) is 0 Å². The van der Waals surface area contributed by atoms with Crippen LogP contribution in [0.4, 0.5) is 9.59 Å². The molecule has 2 heterocycles. The van der Waals surface area contributed by atoms with Gasteiger partial charge in [-0.1, -0.05) is 0 Å². The summed E-state index contributed by atoms with van der Waals surface area (Å²) in [4.78, 5) is 18.4. The van der Waals surface area contributed by atoms with E-state index in [0.717, 1.165) is 26.4 Å². The Morgan fingerprint density at radius 1 is 0.923 bits per heavy atom. The van der Waals surface area contributed by atoms with Gasteiger partial charge < -0.3 is 24.4 Å². The second kappa shape index (κ2) is 7.32. The molecule has 0 spiro atoms. The summed E-state index contributed by atoms with van der Waals surface area (Å²) in [6.07, 6.45) is -3.62. The lowest BCUT2D eigenvalue weighted by Gasteiger charge is -1.84. The SMILES string of the molecule is C1CO1.C1CO1.O=C(O)OC(=O)O. The standard InChI is InChI=1S/C2H2O5.2C2H4O/c3-1(4)7-2(5)6;2*1-2-3-1/h(H,3,4)(H,5,6);2*1-2H2. The predicted molar refractivity (Wildman–Crippen MR) is 38.8 cm³/mol.